The van der Waals surface area contributed by atoms with Crippen molar-refractivity contribution in [2.45, 2.75) is 90.5 Å². The molecule has 0 aliphatic carbocycles. The van der Waals surface area contributed by atoms with Gasteiger partial charge >= 0.3 is 23.9 Å². The molecule has 15 aromatic carbocycles. The van der Waals surface area contributed by atoms with E-state index in [-0.39, 0.29) is 31.3 Å². The Labute approximate surface area is 821 Å². The van der Waals surface area contributed by atoms with Crippen molar-refractivity contribution in [3.05, 3.63) is 336 Å². The molecule has 0 aliphatic rings. The van der Waals surface area contributed by atoms with Crippen LogP contribution in [0.1, 0.15) is 79.6 Å². The summed E-state index contributed by atoms with van der Waals surface area (Å²) in [6.45, 7) is 22.8. The lowest BCUT2D eigenvalue weighted by molar-refractivity contribution is -0.132. The van der Waals surface area contributed by atoms with E-state index in [0.29, 0.717) is 23.0 Å². The van der Waals surface area contributed by atoms with E-state index >= 15 is 0 Å². The van der Waals surface area contributed by atoms with E-state index in [1.165, 1.54) is 165 Å². The summed E-state index contributed by atoms with van der Waals surface area (Å²) in [5.74, 6) is 0.849. The van der Waals surface area contributed by atoms with Gasteiger partial charge in [0.05, 0.1) is 94.4 Å². The van der Waals surface area contributed by atoms with Crippen molar-refractivity contribution in [1.29, 1.82) is 0 Å². The van der Waals surface area contributed by atoms with Gasteiger partial charge in [-0.2, -0.15) is 0 Å². The first-order valence-corrected chi connectivity index (χ1v) is 50.6. The molecule has 12 aromatic heterocycles. The highest BCUT2D eigenvalue weighted by atomic mass is 32.1. The molecule has 0 unspecified atom stereocenters. The van der Waals surface area contributed by atoms with E-state index in [9.17, 15) is 19.2 Å². The highest BCUT2D eigenvalue weighted by Gasteiger charge is 2.30. The van der Waals surface area contributed by atoms with Crippen LogP contribution in [0.4, 0.5) is 0 Å². The lowest BCUT2D eigenvalue weighted by atomic mass is 10.1. The zero-order valence-corrected chi connectivity index (χ0v) is 82.0. The number of hydrogen-bond acceptors (Lipinski definition) is 14. The maximum absolute atomic E-state index is 11.8. The fourth-order valence-corrected chi connectivity index (χ4v) is 27.9. The first kappa shape index (κ1) is 86.6. The normalized spacial score (nSPS) is 11.9. The Morgan fingerprint density at radius 3 is 0.568 bits per heavy atom. The predicted molar refractivity (Wildman–Crippen MR) is 588 cm³/mol. The van der Waals surface area contributed by atoms with E-state index in [0.717, 1.165) is 129 Å². The largest absolute Gasteiger partial charge is 0.427 e. The Balaban J connectivity index is 0.000000113. The molecular formula is C119H88N6O8S6. The van der Waals surface area contributed by atoms with E-state index in [4.69, 9.17) is 18.9 Å². The molecule has 0 aliphatic heterocycles. The fraction of sp³-hybridized carbons (Fsp3) is 0.109. The van der Waals surface area contributed by atoms with Crippen molar-refractivity contribution in [2.24, 2.45) is 0 Å². The van der Waals surface area contributed by atoms with Crippen LogP contribution >= 0.6 is 68.0 Å². The Morgan fingerprint density at radius 2 is 0.360 bits per heavy atom. The van der Waals surface area contributed by atoms with Crippen LogP contribution in [0.3, 0.4) is 0 Å². The van der Waals surface area contributed by atoms with Crippen molar-refractivity contribution < 1.29 is 38.1 Å². The zero-order chi connectivity index (χ0) is 94.0. The molecule has 0 radical (unpaired) electrons. The molecule has 678 valence electrons. The molecule has 0 atom stereocenters. The van der Waals surface area contributed by atoms with E-state index < -0.39 is 0 Å². The minimum absolute atomic E-state index is 0. The van der Waals surface area contributed by atoms with Crippen molar-refractivity contribution in [3.8, 4) is 57.1 Å². The lowest BCUT2D eigenvalue weighted by Gasteiger charge is -2.11. The molecule has 0 amide bonds. The Hall–Kier alpha value is -15.3. The second kappa shape index (κ2) is 33.0. The van der Waals surface area contributed by atoms with Gasteiger partial charge in [-0.15, -0.1) is 68.0 Å². The summed E-state index contributed by atoms with van der Waals surface area (Å²) < 4.78 is 50.7. The highest BCUT2D eigenvalue weighted by molar-refractivity contribution is 7.29. The van der Waals surface area contributed by atoms with Gasteiger partial charge in [-0.25, -0.2) is 0 Å². The number of thiophene rings is 6. The van der Waals surface area contributed by atoms with Gasteiger partial charge in [-0.1, -0.05) is 138 Å². The molecular weight excluding hydrogens is 1830 g/mol. The van der Waals surface area contributed by atoms with Gasteiger partial charge in [0.1, 0.15) is 23.0 Å². The minimum atomic E-state index is -0.334. The maximum Gasteiger partial charge on any atom is 0.308 e. The van der Waals surface area contributed by atoms with Gasteiger partial charge in [0, 0.05) is 155 Å². The van der Waals surface area contributed by atoms with Crippen molar-refractivity contribution in [3.63, 3.8) is 0 Å². The monoisotopic (exact) mass is 1920 g/mol. The Kier molecular flexibility index (Phi) is 20.6. The van der Waals surface area contributed by atoms with Crippen LogP contribution in [0.5, 0.6) is 23.0 Å². The lowest BCUT2D eigenvalue weighted by Crippen LogP contribution is -2.00. The van der Waals surface area contributed by atoms with Gasteiger partial charge in [-0.05, 0) is 261 Å². The van der Waals surface area contributed by atoms with Crippen LogP contribution in [0.15, 0.2) is 291 Å². The summed E-state index contributed by atoms with van der Waals surface area (Å²) in [5, 5.41) is 14.4. The first-order chi connectivity index (χ1) is 66.9. The van der Waals surface area contributed by atoms with E-state index in [1.807, 2.05) is 71.2 Å². The standard InChI is InChI=1S/2C40H28N2O4S2.C38H28N2S2.CH4/c2*1-21-5-9-25(10-6-21)41-33-19-32-34(20-31(33)39-37(41)29-15-13-27(45-23(3)43)17-35(29)47-39)42(26-11-7-22(2)8-12-26)38-30-16-14-28(46-24(4)44)18-36(30)48-40(32)38;1-21-5-11-25(12-6-21)39-31-17-23(3)9-15-27(31)37-35(39)29-19-34-30(20-33(29)41-37)36-38(42-34)28-16-10-24(4)18-32(28)40(36)26-13-7-22(2)8-14-26;/h2*5-20H,1-4H3;5-20H,1-4H3;1H4. The van der Waals surface area contributed by atoms with Crippen molar-refractivity contribution in [2.75, 3.05) is 0 Å². The molecule has 14 nitrogen and oxygen atoms in total. The molecule has 0 saturated heterocycles. The van der Waals surface area contributed by atoms with Crippen LogP contribution < -0.4 is 18.9 Å². The average Bonchev–Trinajstić information content (AvgIpc) is 1.53. The molecule has 0 bridgehead atoms. The summed E-state index contributed by atoms with van der Waals surface area (Å²) in [4.78, 5) is 47.0. The summed E-state index contributed by atoms with van der Waals surface area (Å²) in [6.07, 6.45) is 0. The molecule has 20 heteroatoms. The van der Waals surface area contributed by atoms with Crippen LogP contribution in [0.2, 0.25) is 0 Å². The minimum Gasteiger partial charge on any atom is -0.427 e. The highest BCUT2D eigenvalue weighted by Crippen LogP contribution is 2.55. The number of aryl methyl sites for hydroxylation is 8. The number of rotatable bonds is 10. The zero-order valence-electron chi connectivity index (χ0n) is 77.1. The number of ether oxygens (including phenoxy) is 4. The smallest absolute Gasteiger partial charge is 0.308 e. The van der Waals surface area contributed by atoms with Crippen molar-refractivity contribution >= 4 is 279 Å². The summed E-state index contributed by atoms with van der Waals surface area (Å²) in [5.41, 5.74) is 30.9. The molecule has 27 rings (SSSR count). The Morgan fingerprint density at radius 1 is 0.187 bits per heavy atom. The van der Waals surface area contributed by atoms with Crippen LogP contribution in [0.25, 0.3) is 221 Å². The average molecular weight is 1920 g/mol. The summed E-state index contributed by atoms with van der Waals surface area (Å²) in [6, 6.07) is 104. The molecule has 0 saturated carbocycles. The predicted octanol–water partition coefficient (Wildman–Crippen LogP) is 33.7. The number of benzene rings is 15. The third-order valence-corrected chi connectivity index (χ3v) is 33.6. The number of fused-ring (bicyclic) bond motifs is 30. The second-order valence-corrected chi connectivity index (χ2v) is 42.7. The number of carbonyl (C=O) groups is 4. The first-order valence-electron chi connectivity index (χ1n) is 45.7. The summed E-state index contributed by atoms with van der Waals surface area (Å²) in [7, 11) is 0. The third-order valence-electron chi connectivity index (χ3n) is 26.6. The number of esters is 4. The summed E-state index contributed by atoms with van der Waals surface area (Å²) >= 11 is 10.7. The van der Waals surface area contributed by atoms with Gasteiger partial charge in [0.15, 0.2) is 0 Å². The number of nitrogens with zero attached hydrogens (tertiary/aromatic N) is 6. The topological polar surface area (TPSA) is 135 Å². The maximum atomic E-state index is 11.8. The van der Waals surface area contributed by atoms with Gasteiger partial charge in [0.2, 0.25) is 0 Å². The fourth-order valence-electron chi connectivity index (χ4n) is 20.4. The third kappa shape index (κ3) is 14.2. The molecule has 0 fully saturated rings. The van der Waals surface area contributed by atoms with Crippen LogP contribution in [-0.2, 0) is 19.2 Å². The Bertz CT molecular complexity index is 8970. The van der Waals surface area contributed by atoms with Gasteiger partial charge in [-0.3, -0.25) is 19.2 Å². The van der Waals surface area contributed by atoms with Gasteiger partial charge < -0.3 is 46.4 Å². The molecule has 12 heterocycles. The van der Waals surface area contributed by atoms with Crippen molar-refractivity contribution in [1.82, 2.24) is 27.4 Å². The number of aromatic nitrogens is 6. The SMILES string of the molecule is C.CC(=O)Oc1ccc2c(c1)sc1c3cc4c(cc3n(-c3ccc(C)cc3)c21)c1sc2cc(OC(C)=O)ccc2c1n4-c1ccc(C)cc1.CC(=O)Oc1ccc2c(c1)sc1c3cc4c(cc3n(-c3ccc(C)cc3)c21)c1sc2cc(OC(C)=O)ccc2c1n4-c1ccc(C)cc1.Cc1ccc(-n2c3cc(C)ccc3c3sc4cc5c(cc4c32)sc2c3ccc(C)cc3n(-c3ccc(C)cc3)c52)cc1. The molecule has 139 heavy (non-hydrogen) atoms. The number of carbonyl (C=O) groups excluding carboxylic acids is 4. The molecule has 27 aromatic rings. The quantitative estimate of drug-likeness (QED) is 0.0976. The second-order valence-electron chi connectivity index (χ2n) is 36.4. The van der Waals surface area contributed by atoms with Gasteiger partial charge in [0.25, 0.3) is 0 Å². The van der Waals surface area contributed by atoms with E-state index in [1.54, 1.807) is 45.3 Å². The molecule has 0 spiro atoms. The van der Waals surface area contributed by atoms with Crippen LogP contribution in [-0.4, -0.2) is 51.3 Å². The number of hydrogen-bond donors (Lipinski definition) is 0. The van der Waals surface area contributed by atoms with E-state index in [2.05, 4.69) is 325 Å². The molecule has 0 N–H and O–H groups in total. The van der Waals surface area contributed by atoms with Crippen LogP contribution in [0, 0.1) is 55.4 Å².